The second-order valence-corrected chi connectivity index (χ2v) is 15.7. The number of benzene rings is 6. The Balaban J connectivity index is 1.62. The van der Waals surface area contributed by atoms with Gasteiger partial charge in [-0.2, -0.15) is 13.2 Å². The van der Waals surface area contributed by atoms with Crippen molar-refractivity contribution in [3.8, 4) is 22.5 Å². The smallest absolute Gasteiger partial charge is 0.309 e. The van der Waals surface area contributed by atoms with Crippen LogP contribution in [0.3, 0.4) is 0 Å². The highest BCUT2D eigenvalue weighted by Gasteiger charge is 2.40. The molecule has 0 aliphatic carbocycles. The molecule has 0 spiro atoms. The predicted octanol–water partition coefficient (Wildman–Crippen LogP) is 13.4. The second-order valence-electron chi connectivity index (χ2n) is 15.7. The summed E-state index contributed by atoms with van der Waals surface area (Å²) in [5, 5.41) is 3.17. The average Bonchev–Trinajstić information content (AvgIpc) is 3.58. The van der Waals surface area contributed by atoms with Crippen LogP contribution in [0.15, 0.2) is 115 Å². The average molecular weight is 701 g/mol. The van der Waals surface area contributed by atoms with Gasteiger partial charge in [-0.25, -0.2) is 8.78 Å². The number of alkyl halides is 3. The van der Waals surface area contributed by atoms with Crippen molar-refractivity contribution < 1.29 is 22.0 Å². The minimum absolute atomic E-state index is 0.000279. The first-order chi connectivity index (χ1) is 24.5. The van der Waals surface area contributed by atoms with E-state index in [0.29, 0.717) is 22.1 Å². The number of rotatable bonds is 3. The molecule has 2 aromatic heterocycles. The van der Waals surface area contributed by atoms with E-state index < -0.39 is 23.4 Å². The van der Waals surface area contributed by atoms with Crippen LogP contribution in [0.5, 0.6) is 0 Å². The van der Waals surface area contributed by atoms with Crippen LogP contribution in [0, 0.1) is 11.6 Å². The first kappa shape index (κ1) is 33.7. The highest BCUT2D eigenvalue weighted by atomic mass is 19.4. The summed E-state index contributed by atoms with van der Waals surface area (Å²) in [7, 11) is 0. The minimum atomic E-state index is -4.91. The quantitative estimate of drug-likeness (QED) is 0.162. The zero-order valence-corrected chi connectivity index (χ0v) is 29.8. The molecule has 8 rings (SSSR count). The third kappa shape index (κ3) is 5.37. The molecule has 0 amide bonds. The molecule has 2 heterocycles. The molecule has 2 nitrogen and oxygen atoms in total. The van der Waals surface area contributed by atoms with Crippen LogP contribution in [0.25, 0.3) is 66.1 Å². The summed E-state index contributed by atoms with van der Waals surface area (Å²) in [6.07, 6.45) is -4.91. The predicted molar refractivity (Wildman–Crippen MR) is 203 cm³/mol. The molecule has 0 aliphatic rings. The number of para-hydroxylation sites is 2. The summed E-state index contributed by atoms with van der Waals surface area (Å²) in [6, 6.07) is 32.6. The Morgan fingerprint density at radius 3 is 1.42 bits per heavy atom. The van der Waals surface area contributed by atoms with Crippen LogP contribution in [-0.2, 0) is 17.0 Å². The maximum absolute atomic E-state index is 16.3. The second kappa shape index (κ2) is 11.5. The highest BCUT2D eigenvalue weighted by molar-refractivity contribution is 6.11. The van der Waals surface area contributed by atoms with Crippen LogP contribution < -0.4 is 0 Å². The molecule has 52 heavy (non-hydrogen) atoms. The molecule has 7 heteroatoms. The number of aromatic nitrogens is 2. The van der Waals surface area contributed by atoms with Crippen molar-refractivity contribution in [2.45, 2.75) is 58.5 Å². The van der Waals surface area contributed by atoms with Crippen molar-refractivity contribution in [2.75, 3.05) is 0 Å². The molecule has 0 saturated carbocycles. The molecule has 8 aromatic rings. The molecular formula is C45H37F5N2. The van der Waals surface area contributed by atoms with E-state index in [1.54, 1.807) is 27.3 Å². The maximum Gasteiger partial charge on any atom is 0.420 e. The van der Waals surface area contributed by atoms with Crippen molar-refractivity contribution in [1.29, 1.82) is 0 Å². The fraction of sp³-hybridized carbons (Fsp3) is 0.200. The third-order valence-corrected chi connectivity index (χ3v) is 10.2. The highest BCUT2D eigenvalue weighted by Crippen LogP contribution is 2.48. The summed E-state index contributed by atoms with van der Waals surface area (Å²) in [5.74, 6) is -1.76. The summed E-state index contributed by atoms with van der Waals surface area (Å²) in [4.78, 5) is 0. The van der Waals surface area contributed by atoms with Gasteiger partial charge in [0.1, 0.15) is 17.2 Å². The van der Waals surface area contributed by atoms with E-state index in [1.165, 1.54) is 6.07 Å². The topological polar surface area (TPSA) is 9.86 Å². The van der Waals surface area contributed by atoms with Gasteiger partial charge in [0.05, 0.1) is 33.4 Å². The van der Waals surface area contributed by atoms with Gasteiger partial charge in [0.2, 0.25) is 0 Å². The number of halogens is 5. The molecule has 262 valence electrons. The van der Waals surface area contributed by atoms with Crippen molar-refractivity contribution in [1.82, 2.24) is 9.13 Å². The van der Waals surface area contributed by atoms with E-state index in [-0.39, 0.29) is 33.3 Å². The number of fused-ring (bicyclic) bond motifs is 6. The van der Waals surface area contributed by atoms with E-state index in [9.17, 15) is 8.78 Å². The Kier molecular flexibility index (Phi) is 7.48. The van der Waals surface area contributed by atoms with Gasteiger partial charge in [0.25, 0.3) is 0 Å². The Labute approximate surface area is 298 Å². The molecule has 0 unspecified atom stereocenters. The van der Waals surface area contributed by atoms with Crippen molar-refractivity contribution in [3.63, 3.8) is 0 Å². The zero-order valence-electron chi connectivity index (χ0n) is 29.8. The molecule has 0 radical (unpaired) electrons. The van der Waals surface area contributed by atoms with Gasteiger partial charge in [-0.05, 0) is 70.0 Å². The summed E-state index contributed by atoms with van der Waals surface area (Å²) in [6.45, 7) is 12.4. The van der Waals surface area contributed by atoms with Crippen LogP contribution in [0.2, 0.25) is 0 Å². The number of hydrogen-bond acceptors (Lipinski definition) is 0. The van der Waals surface area contributed by atoms with Gasteiger partial charge < -0.3 is 9.13 Å². The molecule has 6 aromatic carbocycles. The van der Waals surface area contributed by atoms with Crippen LogP contribution in [-0.4, -0.2) is 9.13 Å². The minimum Gasteiger partial charge on any atom is -0.309 e. The van der Waals surface area contributed by atoms with E-state index in [2.05, 4.69) is 41.5 Å². The molecule has 0 bridgehead atoms. The van der Waals surface area contributed by atoms with E-state index in [0.717, 1.165) is 50.9 Å². The molecule has 0 N–H and O–H groups in total. The van der Waals surface area contributed by atoms with E-state index >= 15 is 13.2 Å². The Hall–Kier alpha value is -5.43. The summed E-state index contributed by atoms with van der Waals surface area (Å²) in [5.41, 5.74) is 2.52. The number of nitrogens with zero attached hydrogens (tertiary/aromatic N) is 2. The van der Waals surface area contributed by atoms with Gasteiger partial charge in [0.15, 0.2) is 0 Å². The molecule has 0 atom stereocenters. The third-order valence-electron chi connectivity index (χ3n) is 10.2. The first-order valence-electron chi connectivity index (χ1n) is 17.3. The summed E-state index contributed by atoms with van der Waals surface area (Å²) < 4.78 is 82.1. The lowest BCUT2D eigenvalue weighted by Gasteiger charge is -2.25. The molecule has 0 fully saturated rings. The SMILES string of the molecule is CC(C)(C)c1ccc2c3ccccc3n(-c3ccc(-c4cc(F)cc(F)c4)c(-n4c5ccccc5c5ccc(C(C)(C)C)cc54)c3C(F)(F)F)c2c1. The van der Waals surface area contributed by atoms with Crippen LogP contribution >= 0.6 is 0 Å². The monoisotopic (exact) mass is 700 g/mol. The Morgan fingerprint density at radius 2 is 0.923 bits per heavy atom. The largest absolute Gasteiger partial charge is 0.420 e. The molecular weight excluding hydrogens is 663 g/mol. The lowest BCUT2D eigenvalue weighted by molar-refractivity contribution is -0.137. The van der Waals surface area contributed by atoms with Gasteiger partial charge in [-0.1, -0.05) is 108 Å². The van der Waals surface area contributed by atoms with Gasteiger partial charge in [0, 0.05) is 33.2 Å². The molecule has 0 aliphatic heterocycles. The van der Waals surface area contributed by atoms with Crippen molar-refractivity contribution >= 4 is 43.6 Å². The van der Waals surface area contributed by atoms with Crippen molar-refractivity contribution in [2.24, 2.45) is 0 Å². The standard InChI is InChI=1S/C45H37F5N2/c1-43(2,3)27-15-17-34-32-11-7-9-13-36(32)51(39(34)23-27)38-20-19-31(26-21-29(46)25-30(47)22-26)42(41(38)45(48,49)50)52-37-14-10-8-12-33(37)35-18-16-28(24-40(35)52)44(4,5)6/h7-25H,1-6H3. The Morgan fingerprint density at radius 1 is 0.462 bits per heavy atom. The normalized spacial score (nSPS) is 12.9. The van der Waals surface area contributed by atoms with Crippen LogP contribution in [0.1, 0.15) is 58.2 Å². The number of hydrogen-bond donors (Lipinski definition) is 0. The molecule has 0 saturated heterocycles. The van der Waals surface area contributed by atoms with Crippen LogP contribution in [0.4, 0.5) is 22.0 Å². The van der Waals surface area contributed by atoms with Crippen molar-refractivity contribution in [3.05, 3.63) is 144 Å². The lowest BCUT2D eigenvalue weighted by atomic mass is 9.86. The zero-order chi connectivity index (χ0) is 36.9. The Bertz CT molecular complexity index is 2690. The van der Waals surface area contributed by atoms with E-state index in [1.807, 2.05) is 72.8 Å². The van der Waals surface area contributed by atoms with Gasteiger partial charge in [-0.3, -0.25) is 0 Å². The fourth-order valence-corrected chi connectivity index (χ4v) is 7.60. The lowest BCUT2D eigenvalue weighted by Crippen LogP contribution is -2.17. The first-order valence-corrected chi connectivity index (χ1v) is 17.3. The van der Waals surface area contributed by atoms with E-state index in [4.69, 9.17) is 0 Å². The maximum atomic E-state index is 16.3. The fourth-order valence-electron chi connectivity index (χ4n) is 7.60. The van der Waals surface area contributed by atoms with Gasteiger partial charge in [-0.15, -0.1) is 0 Å². The van der Waals surface area contributed by atoms with Gasteiger partial charge >= 0.3 is 6.18 Å². The summed E-state index contributed by atoms with van der Waals surface area (Å²) >= 11 is 0.